The van der Waals surface area contributed by atoms with Crippen molar-refractivity contribution in [3.8, 4) is 0 Å². The molecule has 2 N–H and O–H groups in total. The molecular weight excluding hydrogens is 328 g/mol. The fraction of sp³-hybridized carbons (Fsp3) is 0.471. The maximum atomic E-state index is 11.2. The lowest BCUT2D eigenvalue weighted by atomic mass is 9.77. The minimum absolute atomic E-state index is 0.0724. The van der Waals surface area contributed by atoms with Gasteiger partial charge >= 0.3 is 13.1 Å². The Morgan fingerprint density at radius 2 is 1.88 bits per heavy atom. The normalized spacial score (nSPS) is 19.6. The highest BCUT2D eigenvalue weighted by Crippen LogP contribution is 2.39. The van der Waals surface area contributed by atoms with E-state index in [2.05, 4.69) is 5.32 Å². The third kappa shape index (κ3) is 3.67. The second-order valence-corrected chi connectivity index (χ2v) is 7.23. The van der Waals surface area contributed by atoms with Crippen molar-refractivity contribution in [1.29, 1.82) is 0 Å². The quantitative estimate of drug-likeness (QED) is 0.797. The SMILES string of the molecule is CNCC(=Cc1cccc(C(=O)O)c1Cl)B1OC(C)(C)C(C)(C)O1. The first-order valence-corrected chi connectivity index (χ1v) is 8.19. The third-order valence-electron chi connectivity index (χ3n) is 4.54. The van der Waals surface area contributed by atoms with Crippen molar-refractivity contribution >= 4 is 30.8 Å². The molecule has 0 unspecified atom stereocenters. The van der Waals surface area contributed by atoms with Crippen molar-refractivity contribution in [3.05, 3.63) is 39.8 Å². The van der Waals surface area contributed by atoms with Gasteiger partial charge in [0, 0.05) is 6.54 Å². The number of carbonyl (C=O) groups is 1. The van der Waals surface area contributed by atoms with Crippen LogP contribution in [0.15, 0.2) is 23.7 Å². The summed E-state index contributed by atoms with van der Waals surface area (Å²) in [5, 5.41) is 12.5. The van der Waals surface area contributed by atoms with Crippen LogP contribution in [0.5, 0.6) is 0 Å². The molecule has 1 aromatic carbocycles. The number of hydrogen-bond acceptors (Lipinski definition) is 4. The summed E-state index contributed by atoms with van der Waals surface area (Å²) in [4.78, 5) is 11.2. The molecule has 24 heavy (non-hydrogen) atoms. The zero-order valence-electron chi connectivity index (χ0n) is 14.6. The van der Waals surface area contributed by atoms with Crippen LogP contribution in [0, 0.1) is 0 Å². The fourth-order valence-corrected chi connectivity index (χ4v) is 2.69. The van der Waals surface area contributed by atoms with Gasteiger partial charge in [0.25, 0.3) is 0 Å². The number of rotatable bonds is 5. The smallest absolute Gasteiger partial charge is 0.478 e. The van der Waals surface area contributed by atoms with Gasteiger partial charge in [0.15, 0.2) is 0 Å². The Labute approximate surface area is 148 Å². The molecule has 0 aromatic heterocycles. The standard InChI is InChI=1S/C17H23BClNO4/c1-16(2)17(3,4)24-18(23-16)12(10-20-5)9-11-7-6-8-13(14(11)19)15(21)22/h6-9,20H,10H2,1-5H3,(H,21,22). The van der Waals surface area contributed by atoms with Gasteiger partial charge in [-0.1, -0.05) is 29.8 Å². The van der Waals surface area contributed by atoms with E-state index in [0.29, 0.717) is 12.1 Å². The Kier molecular flexibility index (Phi) is 5.45. The zero-order valence-corrected chi connectivity index (χ0v) is 15.4. The van der Waals surface area contributed by atoms with Crippen LogP contribution < -0.4 is 5.32 Å². The van der Waals surface area contributed by atoms with E-state index >= 15 is 0 Å². The molecule has 1 fully saturated rings. The summed E-state index contributed by atoms with van der Waals surface area (Å²) < 4.78 is 12.2. The highest BCUT2D eigenvalue weighted by molar-refractivity contribution is 6.56. The maximum absolute atomic E-state index is 11.2. The Morgan fingerprint density at radius 1 is 1.29 bits per heavy atom. The molecule has 130 valence electrons. The summed E-state index contributed by atoms with van der Waals surface area (Å²) in [6, 6.07) is 4.92. The highest BCUT2D eigenvalue weighted by atomic mass is 35.5. The molecule has 0 spiro atoms. The molecule has 0 aliphatic carbocycles. The lowest BCUT2D eigenvalue weighted by Crippen LogP contribution is -2.41. The van der Waals surface area contributed by atoms with Crippen LogP contribution in [0.4, 0.5) is 0 Å². The second kappa shape index (κ2) is 6.88. The molecule has 0 bridgehead atoms. The van der Waals surface area contributed by atoms with Crippen molar-refractivity contribution < 1.29 is 19.2 Å². The van der Waals surface area contributed by atoms with Crippen LogP contribution in [-0.2, 0) is 9.31 Å². The van der Waals surface area contributed by atoms with Crippen molar-refractivity contribution in [2.45, 2.75) is 38.9 Å². The van der Waals surface area contributed by atoms with Gasteiger partial charge in [-0.2, -0.15) is 0 Å². The summed E-state index contributed by atoms with van der Waals surface area (Å²) in [5.41, 5.74) is 0.647. The molecule has 5 nitrogen and oxygen atoms in total. The van der Waals surface area contributed by atoms with Crippen molar-refractivity contribution in [3.63, 3.8) is 0 Å². The van der Waals surface area contributed by atoms with Gasteiger partial charge in [-0.25, -0.2) is 4.79 Å². The number of aromatic carboxylic acids is 1. The zero-order chi connectivity index (χ0) is 18.1. The van der Waals surface area contributed by atoms with Gasteiger partial charge in [-0.3, -0.25) is 0 Å². The molecule has 7 heteroatoms. The minimum Gasteiger partial charge on any atom is -0.478 e. The Bertz CT molecular complexity index is 657. The Morgan fingerprint density at radius 3 is 2.38 bits per heavy atom. The molecule has 1 aromatic rings. The second-order valence-electron chi connectivity index (χ2n) is 6.85. The van der Waals surface area contributed by atoms with Crippen LogP contribution in [0.1, 0.15) is 43.6 Å². The predicted octanol–water partition coefficient (Wildman–Crippen LogP) is 3.27. The molecule has 2 rings (SSSR count). The van der Waals surface area contributed by atoms with Crippen LogP contribution in [-0.4, -0.2) is 43.0 Å². The van der Waals surface area contributed by atoms with E-state index in [1.54, 1.807) is 12.1 Å². The topological polar surface area (TPSA) is 67.8 Å². The van der Waals surface area contributed by atoms with E-state index in [0.717, 1.165) is 5.47 Å². The number of benzene rings is 1. The Hall–Kier alpha value is -1.34. The van der Waals surface area contributed by atoms with Crippen molar-refractivity contribution in [1.82, 2.24) is 5.32 Å². The molecule has 0 saturated carbocycles. The average Bonchev–Trinajstić information content (AvgIpc) is 2.68. The van der Waals surface area contributed by atoms with E-state index < -0.39 is 24.3 Å². The van der Waals surface area contributed by atoms with Crippen LogP contribution in [0.3, 0.4) is 0 Å². The van der Waals surface area contributed by atoms with Gasteiger partial charge in [-0.05, 0) is 51.8 Å². The molecule has 0 atom stereocenters. The molecule has 1 aliphatic heterocycles. The molecule has 1 aliphatic rings. The van der Waals surface area contributed by atoms with Gasteiger partial charge < -0.3 is 19.7 Å². The van der Waals surface area contributed by atoms with Crippen LogP contribution in [0.2, 0.25) is 5.02 Å². The van der Waals surface area contributed by atoms with Gasteiger partial charge in [-0.15, -0.1) is 0 Å². The Balaban J connectivity index is 2.41. The van der Waals surface area contributed by atoms with Gasteiger partial charge in [0.2, 0.25) is 0 Å². The number of carboxylic acid groups (broad SMARTS) is 1. The summed E-state index contributed by atoms with van der Waals surface area (Å²) >= 11 is 6.24. The third-order valence-corrected chi connectivity index (χ3v) is 4.96. The first-order valence-electron chi connectivity index (χ1n) is 7.81. The van der Waals surface area contributed by atoms with Gasteiger partial charge in [0.05, 0.1) is 21.8 Å². The molecule has 0 amide bonds. The number of likely N-dealkylation sites (N-methyl/N-ethyl adjacent to an activating group) is 1. The number of nitrogens with one attached hydrogen (secondary N) is 1. The van der Waals surface area contributed by atoms with Crippen LogP contribution >= 0.6 is 11.6 Å². The predicted molar refractivity (Wildman–Crippen MR) is 96.4 cm³/mol. The molecular formula is C17H23BClNO4. The number of carboxylic acids is 1. The number of hydrogen-bond donors (Lipinski definition) is 2. The first kappa shape index (κ1) is 19.0. The van der Waals surface area contributed by atoms with E-state index in [-0.39, 0.29) is 10.6 Å². The monoisotopic (exact) mass is 351 g/mol. The largest absolute Gasteiger partial charge is 0.491 e. The van der Waals surface area contributed by atoms with E-state index in [9.17, 15) is 9.90 Å². The number of halogens is 1. The minimum atomic E-state index is -1.05. The average molecular weight is 352 g/mol. The van der Waals surface area contributed by atoms with Crippen molar-refractivity contribution in [2.24, 2.45) is 0 Å². The molecule has 1 saturated heterocycles. The summed E-state index contributed by atoms with van der Waals surface area (Å²) in [6.45, 7) is 8.48. The van der Waals surface area contributed by atoms with E-state index in [1.807, 2.05) is 40.8 Å². The molecule has 0 radical (unpaired) electrons. The first-order chi connectivity index (χ1) is 11.1. The lowest BCUT2D eigenvalue weighted by molar-refractivity contribution is 0.00578. The van der Waals surface area contributed by atoms with Crippen molar-refractivity contribution in [2.75, 3.05) is 13.6 Å². The fourth-order valence-electron chi connectivity index (χ4n) is 2.43. The maximum Gasteiger partial charge on any atom is 0.491 e. The van der Waals surface area contributed by atoms with Crippen LogP contribution in [0.25, 0.3) is 6.08 Å². The summed E-state index contributed by atoms with van der Waals surface area (Å²) in [5.74, 6) is -1.05. The molecule has 1 heterocycles. The van der Waals surface area contributed by atoms with E-state index in [4.69, 9.17) is 20.9 Å². The van der Waals surface area contributed by atoms with E-state index in [1.165, 1.54) is 6.07 Å². The summed E-state index contributed by atoms with van der Waals surface area (Å²) in [7, 11) is 1.31. The van der Waals surface area contributed by atoms with Gasteiger partial charge in [0.1, 0.15) is 0 Å². The summed E-state index contributed by atoms with van der Waals surface area (Å²) in [6.07, 6.45) is 1.83. The highest BCUT2D eigenvalue weighted by Gasteiger charge is 2.52. The lowest BCUT2D eigenvalue weighted by Gasteiger charge is -2.32.